The fourth-order valence-electron chi connectivity index (χ4n) is 2.80. The number of aliphatic carboxylic acids is 2. The molecule has 31 heavy (non-hydrogen) atoms. The van der Waals surface area contributed by atoms with Crippen LogP contribution in [0.5, 0.6) is 0 Å². The van der Waals surface area contributed by atoms with Crippen LogP contribution >= 0.6 is 0 Å². The molecule has 4 N–H and O–H groups in total. The van der Waals surface area contributed by atoms with Gasteiger partial charge in [0, 0.05) is 6.54 Å². The first-order valence-electron chi connectivity index (χ1n) is 9.58. The maximum Gasteiger partial charge on any atom is 0.407 e. The molecule has 0 spiro atoms. The van der Waals surface area contributed by atoms with Crippen molar-refractivity contribution in [1.29, 1.82) is 0 Å². The summed E-state index contributed by atoms with van der Waals surface area (Å²) < 4.78 is 5.13. The molecular weight excluding hydrogens is 404 g/mol. The van der Waals surface area contributed by atoms with Crippen molar-refractivity contribution >= 4 is 23.9 Å². The van der Waals surface area contributed by atoms with E-state index < -0.39 is 42.3 Å². The molecule has 9 nitrogen and oxygen atoms in total. The van der Waals surface area contributed by atoms with Crippen molar-refractivity contribution in [3.8, 4) is 0 Å². The molecule has 0 aliphatic rings. The summed E-state index contributed by atoms with van der Waals surface area (Å²) in [4.78, 5) is 46.9. The number of hydrogen-bond donors (Lipinski definition) is 4. The maximum atomic E-state index is 12.7. The smallest absolute Gasteiger partial charge is 0.407 e. The first-order chi connectivity index (χ1) is 14.8. The summed E-state index contributed by atoms with van der Waals surface area (Å²) in [5.41, 5.74) is 1.60. The monoisotopic (exact) mass is 428 g/mol. The highest BCUT2D eigenvalue weighted by atomic mass is 16.5. The van der Waals surface area contributed by atoms with Gasteiger partial charge in [-0.1, -0.05) is 60.7 Å². The molecule has 0 saturated heterocycles. The number of alkyl carbamates (subject to hydrolysis) is 1. The average Bonchev–Trinajstić information content (AvgIpc) is 2.75. The van der Waals surface area contributed by atoms with Crippen molar-refractivity contribution < 1.29 is 34.1 Å². The van der Waals surface area contributed by atoms with Crippen LogP contribution in [0.25, 0.3) is 0 Å². The van der Waals surface area contributed by atoms with Gasteiger partial charge in [0.2, 0.25) is 5.91 Å². The van der Waals surface area contributed by atoms with Gasteiger partial charge < -0.3 is 25.6 Å². The molecule has 164 valence electrons. The van der Waals surface area contributed by atoms with Gasteiger partial charge in [0.05, 0.1) is 12.3 Å². The van der Waals surface area contributed by atoms with Crippen LogP contribution in [-0.2, 0) is 32.1 Å². The van der Waals surface area contributed by atoms with Gasteiger partial charge in [0.1, 0.15) is 12.6 Å². The van der Waals surface area contributed by atoms with Crippen LogP contribution in [-0.4, -0.2) is 46.7 Å². The molecule has 0 aliphatic carbocycles. The Morgan fingerprint density at radius 3 is 2.00 bits per heavy atom. The number of nitrogens with one attached hydrogen (secondary N) is 2. The molecule has 0 heterocycles. The Kier molecular flexibility index (Phi) is 9.03. The minimum absolute atomic E-state index is 0.0575. The van der Waals surface area contributed by atoms with Crippen molar-refractivity contribution in [2.24, 2.45) is 5.92 Å². The molecule has 9 heteroatoms. The van der Waals surface area contributed by atoms with Gasteiger partial charge in [0.25, 0.3) is 0 Å². The fraction of sp³-hybridized carbons (Fsp3) is 0.273. The second-order valence-corrected chi connectivity index (χ2v) is 6.83. The number of amides is 2. The summed E-state index contributed by atoms with van der Waals surface area (Å²) in [6, 6.07) is 16.5. The van der Waals surface area contributed by atoms with E-state index >= 15 is 0 Å². The number of carboxylic acid groups (broad SMARTS) is 2. The topological polar surface area (TPSA) is 142 Å². The van der Waals surface area contributed by atoms with E-state index in [4.69, 9.17) is 9.84 Å². The zero-order valence-corrected chi connectivity index (χ0v) is 16.7. The van der Waals surface area contributed by atoms with Gasteiger partial charge in [-0.15, -0.1) is 0 Å². The second-order valence-electron chi connectivity index (χ2n) is 6.83. The van der Waals surface area contributed by atoms with Crippen LogP contribution in [0.3, 0.4) is 0 Å². The molecule has 0 aromatic heterocycles. The molecule has 0 radical (unpaired) electrons. The quantitative estimate of drug-likeness (QED) is 0.428. The Bertz CT molecular complexity index is 887. The lowest BCUT2D eigenvalue weighted by atomic mass is 9.97. The highest BCUT2D eigenvalue weighted by Gasteiger charge is 2.27. The van der Waals surface area contributed by atoms with Gasteiger partial charge in [0.15, 0.2) is 0 Å². The number of benzene rings is 2. The van der Waals surface area contributed by atoms with E-state index in [1.165, 1.54) is 0 Å². The van der Waals surface area contributed by atoms with Crippen molar-refractivity contribution in [3.05, 3.63) is 71.8 Å². The Hall–Kier alpha value is -3.88. The summed E-state index contributed by atoms with van der Waals surface area (Å²) in [5, 5.41) is 22.8. The number of carbonyl (C=O) groups is 4. The Morgan fingerprint density at radius 1 is 0.871 bits per heavy atom. The summed E-state index contributed by atoms with van der Waals surface area (Å²) in [5.74, 6) is -4.32. The standard InChI is InChI=1S/C22H24N2O7/c25-19(26)12-18(21(28)29)24-20(27)17(11-15-7-3-1-4-8-15)13-23-22(30)31-14-16-9-5-2-6-10-16/h1-10,17-18H,11-14H2,(H,23,30)(H,24,27)(H,25,26)(H,28,29)/t17-,18+/m1/s1. The summed E-state index contributed by atoms with van der Waals surface area (Å²) in [6.07, 6.45) is -1.27. The Morgan fingerprint density at radius 2 is 1.45 bits per heavy atom. The molecule has 2 aromatic rings. The van der Waals surface area contributed by atoms with Crippen molar-refractivity contribution in [2.45, 2.75) is 25.5 Å². The van der Waals surface area contributed by atoms with Crippen molar-refractivity contribution in [2.75, 3.05) is 6.54 Å². The number of rotatable bonds is 11. The number of carbonyl (C=O) groups excluding carboxylic acids is 2. The minimum Gasteiger partial charge on any atom is -0.481 e. The van der Waals surface area contributed by atoms with E-state index in [1.807, 2.05) is 24.3 Å². The lowest BCUT2D eigenvalue weighted by molar-refractivity contribution is -0.147. The highest BCUT2D eigenvalue weighted by Crippen LogP contribution is 2.10. The summed E-state index contributed by atoms with van der Waals surface area (Å²) in [7, 11) is 0. The first kappa shape index (κ1) is 23.4. The van der Waals surface area contributed by atoms with Crippen LogP contribution in [0.4, 0.5) is 4.79 Å². The fourth-order valence-corrected chi connectivity index (χ4v) is 2.80. The van der Waals surface area contributed by atoms with E-state index in [2.05, 4.69) is 10.6 Å². The van der Waals surface area contributed by atoms with Crippen LogP contribution in [0.1, 0.15) is 17.5 Å². The van der Waals surface area contributed by atoms with Gasteiger partial charge in [-0.05, 0) is 17.5 Å². The Labute approximate surface area is 179 Å². The van der Waals surface area contributed by atoms with Crippen LogP contribution in [0.2, 0.25) is 0 Å². The second kappa shape index (κ2) is 12.0. The van der Waals surface area contributed by atoms with Crippen LogP contribution < -0.4 is 10.6 Å². The van der Waals surface area contributed by atoms with Gasteiger partial charge in [-0.2, -0.15) is 0 Å². The van der Waals surface area contributed by atoms with E-state index in [9.17, 15) is 24.3 Å². The third-order valence-electron chi connectivity index (χ3n) is 4.39. The van der Waals surface area contributed by atoms with E-state index in [1.54, 1.807) is 36.4 Å². The van der Waals surface area contributed by atoms with E-state index in [0.29, 0.717) is 0 Å². The average molecular weight is 428 g/mol. The lowest BCUT2D eigenvalue weighted by Crippen LogP contribution is -2.47. The van der Waals surface area contributed by atoms with Gasteiger partial charge in [-0.3, -0.25) is 9.59 Å². The molecule has 0 unspecified atom stereocenters. The molecule has 2 aromatic carbocycles. The summed E-state index contributed by atoms with van der Waals surface area (Å²) in [6.45, 7) is -0.0598. The molecule has 0 saturated carbocycles. The predicted molar refractivity (Wildman–Crippen MR) is 110 cm³/mol. The molecule has 2 atom stereocenters. The lowest BCUT2D eigenvalue weighted by Gasteiger charge is -2.20. The molecule has 0 fully saturated rings. The normalized spacial score (nSPS) is 12.3. The molecule has 2 rings (SSSR count). The molecule has 0 aliphatic heterocycles. The third-order valence-corrected chi connectivity index (χ3v) is 4.39. The maximum absolute atomic E-state index is 12.7. The highest BCUT2D eigenvalue weighted by molar-refractivity contribution is 5.88. The first-order valence-corrected chi connectivity index (χ1v) is 9.58. The molecule has 2 amide bonds. The minimum atomic E-state index is -1.58. The zero-order valence-electron chi connectivity index (χ0n) is 16.7. The largest absolute Gasteiger partial charge is 0.481 e. The predicted octanol–water partition coefficient (Wildman–Crippen LogP) is 1.82. The van der Waals surface area contributed by atoms with Crippen molar-refractivity contribution in [1.82, 2.24) is 10.6 Å². The van der Waals surface area contributed by atoms with Gasteiger partial charge >= 0.3 is 18.0 Å². The number of carboxylic acids is 2. The van der Waals surface area contributed by atoms with E-state index in [-0.39, 0.29) is 19.6 Å². The SMILES string of the molecule is O=C(O)C[C@H](NC(=O)[C@@H](CNC(=O)OCc1ccccc1)Cc1ccccc1)C(=O)O. The third kappa shape index (κ3) is 8.57. The van der Waals surface area contributed by atoms with Crippen LogP contribution in [0.15, 0.2) is 60.7 Å². The zero-order chi connectivity index (χ0) is 22.6. The number of ether oxygens (including phenoxy) is 1. The van der Waals surface area contributed by atoms with Crippen molar-refractivity contribution in [3.63, 3.8) is 0 Å². The molecule has 0 bridgehead atoms. The summed E-state index contributed by atoms with van der Waals surface area (Å²) >= 11 is 0. The van der Waals surface area contributed by atoms with E-state index in [0.717, 1.165) is 11.1 Å². The number of hydrogen-bond acceptors (Lipinski definition) is 5. The van der Waals surface area contributed by atoms with Crippen LogP contribution in [0, 0.1) is 5.92 Å². The molecular formula is C22H24N2O7. The Balaban J connectivity index is 2.00. The van der Waals surface area contributed by atoms with Gasteiger partial charge in [-0.25, -0.2) is 9.59 Å².